The molecule has 1 aromatic rings. The molecule has 174 valence electrons. The number of benzene rings is 1. The number of fused-ring (bicyclic) bond motifs is 1. The second-order valence-corrected chi connectivity index (χ2v) is 9.41. The highest BCUT2D eigenvalue weighted by Gasteiger charge is 2.42. The molecule has 6 nitrogen and oxygen atoms in total. The summed E-state index contributed by atoms with van der Waals surface area (Å²) >= 11 is 0. The number of carbonyl (C=O) groups excluding carboxylic acids is 1. The Labute approximate surface area is 196 Å². The van der Waals surface area contributed by atoms with E-state index in [0.717, 1.165) is 60.4 Å². The molecule has 3 aliphatic rings. The molecule has 1 saturated carbocycles. The second-order valence-electron chi connectivity index (χ2n) is 9.41. The van der Waals surface area contributed by atoms with Crippen molar-refractivity contribution in [1.82, 2.24) is 4.90 Å². The first-order valence-electron chi connectivity index (χ1n) is 12.1. The third-order valence-corrected chi connectivity index (χ3v) is 7.29. The molecular weight excluding hydrogens is 412 g/mol. The van der Waals surface area contributed by atoms with E-state index in [-0.39, 0.29) is 12.5 Å². The topological polar surface area (TPSA) is 93.6 Å². The fraction of sp³-hybridized carbons (Fsp3) is 0.481. The molecule has 6 heteroatoms. The van der Waals surface area contributed by atoms with Crippen molar-refractivity contribution in [3.63, 3.8) is 0 Å². The van der Waals surface area contributed by atoms with Gasteiger partial charge in [0, 0.05) is 13.1 Å². The average Bonchev–Trinajstić information content (AvgIpc) is 3.31. The Bertz CT molecular complexity index is 1070. The largest absolute Gasteiger partial charge is 0.395 e. The number of amides is 1. The molecule has 1 amide bonds. The predicted molar refractivity (Wildman–Crippen MR) is 130 cm³/mol. The van der Waals surface area contributed by atoms with E-state index < -0.39 is 5.41 Å². The van der Waals surface area contributed by atoms with Crippen LogP contribution < -0.4 is 10.6 Å². The first-order chi connectivity index (χ1) is 16.0. The molecule has 2 aliphatic heterocycles. The second kappa shape index (κ2) is 9.44. The summed E-state index contributed by atoms with van der Waals surface area (Å²) in [7, 11) is 0. The van der Waals surface area contributed by atoms with E-state index in [0.29, 0.717) is 31.5 Å². The van der Waals surface area contributed by atoms with Gasteiger partial charge in [0.2, 0.25) is 0 Å². The van der Waals surface area contributed by atoms with Gasteiger partial charge in [-0.3, -0.25) is 9.69 Å². The molecule has 1 aliphatic carbocycles. The molecule has 1 saturated heterocycles. The number of allylic oxidation sites excluding steroid dienone is 3. The SMILES string of the molecule is CCC/C=C1\C(C(N)=O)=C2CCCC2=C(N2CCC(C#N)(CO)CC2)N1c1ccccc1C. The smallest absolute Gasteiger partial charge is 0.251 e. The first kappa shape index (κ1) is 23.1. The minimum Gasteiger partial charge on any atom is -0.395 e. The van der Waals surface area contributed by atoms with Crippen LogP contribution in [0, 0.1) is 23.7 Å². The Morgan fingerprint density at radius 3 is 2.55 bits per heavy atom. The van der Waals surface area contributed by atoms with Crippen LogP contribution in [0.1, 0.15) is 57.4 Å². The highest BCUT2D eigenvalue weighted by Crippen LogP contribution is 2.48. The Morgan fingerprint density at radius 1 is 1.24 bits per heavy atom. The van der Waals surface area contributed by atoms with Gasteiger partial charge in [-0.2, -0.15) is 5.26 Å². The minimum atomic E-state index is -0.669. The fourth-order valence-corrected chi connectivity index (χ4v) is 5.37. The van der Waals surface area contributed by atoms with Gasteiger partial charge in [-0.1, -0.05) is 37.6 Å². The summed E-state index contributed by atoms with van der Waals surface area (Å²) in [5, 5.41) is 19.5. The van der Waals surface area contributed by atoms with E-state index in [4.69, 9.17) is 5.73 Å². The quantitative estimate of drug-likeness (QED) is 0.680. The van der Waals surface area contributed by atoms with Crippen LogP contribution in [-0.4, -0.2) is 35.6 Å². The summed E-state index contributed by atoms with van der Waals surface area (Å²) in [6.45, 7) is 5.50. The third kappa shape index (κ3) is 4.06. The molecule has 0 aromatic heterocycles. The molecule has 0 bridgehead atoms. The lowest BCUT2D eigenvalue weighted by molar-refractivity contribution is -0.114. The average molecular weight is 447 g/mol. The van der Waals surface area contributed by atoms with E-state index in [9.17, 15) is 15.2 Å². The monoisotopic (exact) mass is 446 g/mol. The van der Waals surface area contributed by atoms with E-state index in [2.05, 4.69) is 47.9 Å². The van der Waals surface area contributed by atoms with E-state index in [1.807, 2.05) is 12.1 Å². The van der Waals surface area contributed by atoms with Gasteiger partial charge in [0.05, 0.1) is 35.0 Å². The number of nitrogens with zero attached hydrogens (tertiary/aromatic N) is 3. The zero-order valence-electron chi connectivity index (χ0n) is 19.7. The van der Waals surface area contributed by atoms with Crippen LogP contribution in [0.5, 0.6) is 0 Å². The number of aliphatic hydroxyl groups is 1. The molecule has 33 heavy (non-hydrogen) atoms. The van der Waals surface area contributed by atoms with E-state index >= 15 is 0 Å². The van der Waals surface area contributed by atoms with Crippen LogP contribution in [0.3, 0.4) is 0 Å². The molecular formula is C27H34N4O2. The molecule has 2 heterocycles. The van der Waals surface area contributed by atoms with Crippen molar-refractivity contribution in [2.24, 2.45) is 11.1 Å². The Kier molecular flexibility index (Phi) is 6.62. The molecule has 1 aromatic carbocycles. The van der Waals surface area contributed by atoms with Crippen LogP contribution in [0.4, 0.5) is 5.69 Å². The predicted octanol–water partition coefficient (Wildman–Crippen LogP) is 4.27. The van der Waals surface area contributed by atoms with Crippen molar-refractivity contribution < 1.29 is 9.90 Å². The van der Waals surface area contributed by atoms with Crippen molar-refractivity contribution in [2.45, 2.75) is 58.8 Å². The Balaban J connectivity index is 1.91. The van der Waals surface area contributed by atoms with Crippen molar-refractivity contribution >= 4 is 11.6 Å². The van der Waals surface area contributed by atoms with Crippen molar-refractivity contribution in [2.75, 3.05) is 24.6 Å². The number of aryl methyl sites for hydroxylation is 1. The van der Waals surface area contributed by atoms with E-state index in [1.165, 1.54) is 5.57 Å². The van der Waals surface area contributed by atoms with Gasteiger partial charge < -0.3 is 15.7 Å². The van der Waals surface area contributed by atoms with Crippen LogP contribution in [-0.2, 0) is 4.79 Å². The zero-order valence-corrected chi connectivity index (χ0v) is 19.7. The number of para-hydroxylation sites is 1. The minimum absolute atomic E-state index is 0.108. The Hall–Kier alpha value is -3.04. The van der Waals surface area contributed by atoms with Crippen LogP contribution >= 0.6 is 0 Å². The first-order valence-corrected chi connectivity index (χ1v) is 12.1. The summed E-state index contributed by atoms with van der Waals surface area (Å²) in [6.07, 6.45) is 7.99. The molecule has 4 rings (SSSR count). The van der Waals surface area contributed by atoms with Gasteiger partial charge in [-0.15, -0.1) is 0 Å². The molecule has 0 spiro atoms. The number of nitriles is 1. The summed E-state index contributed by atoms with van der Waals surface area (Å²) in [5.41, 5.74) is 11.3. The maximum absolute atomic E-state index is 12.8. The number of hydrogen-bond acceptors (Lipinski definition) is 5. The highest BCUT2D eigenvalue weighted by atomic mass is 16.3. The summed E-state index contributed by atoms with van der Waals surface area (Å²) in [6, 6.07) is 10.6. The summed E-state index contributed by atoms with van der Waals surface area (Å²) < 4.78 is 0. The van der Waals surface area contributed by atoms with Gasteiger partial charge in [-0.05, 0) is 68.2 Å². The fourth-order valence-electron chi connectivity index (χ4n) is 5.37. The standard InChI is InChI=1S/C27H34N4O2/c1-3-4-11-23-24(25(29)33)20-9-7-10-21(20)26(31(23)22-12-6-5-8-19(22)2)30-15-13-27(17-28,18-32)14-16-30/h5-6,8,11-12,32H,3-4,7,9-10,13-16,18H2,1-2H3,(H2,29,33)/b23-11+. The molecule has 0 unspecified atom stereocenters. The van der Waals surface area contributed by atoms with Crippen molar-refractivity contribution in [1.29, 1.82) is 5.26 Å². The Morgan fingerprint density at radius 2 is 1.94 bits per heavy atom. The maximum Gasteiger partial charge on any atom is 0.251 e. The van der Waals surface area contributed by atoms with Crippen molar-refractivity contribution in [3.05, 3.63) is 64.1 Å². The number of primary amides is 1. The number of rotatable bonds is 6. The van der Waals surface area contributed by atoms with Crippen LogP contribution in [0.15, 0.2) is 58.6 Å². The number of aliphatic hydroxyl groups excluding tert-OH is 1. The number of nitrogens with two attached hydrogens (primary N) is 1. The van der Waals surface area contributed by atoms with E-state index in [1.54, 1.807) is 0 Å². The highest BCUT2D eigenvalue weighted by molar-refractivity contribution is 6.01. The van der Waals surface area contributed by atoms with Gasteiger partial charge >= 0.3 is 0 Å². The molecule has 2 fully saturated rings. The van der Waals surface area contributed by atoms with Gasteiger partial charge in [0.1, 0.15) is 5.82 Å². The lowest BCUT2D eigenvalue weighted by Crippen LogP contribution is -2.47. The third-order valence-electron chi connectivity index (χ3n) is 7.29. The van der Waals surface area contributed by atoms with Gasteiger partial charge in [0.25, 0.3) is 5.91 Å². The number of hydrogen-bond donors (Lipinski definition) is 2. The summed E-state index contributed by atoms with van der Waals surface area (Å²) in [4.78, 5) is 17.4. The molecule has 0 radical (unpaired) electrons. The normalized spacial score (nSPS) is 21.5. The number of unbranched alkanes of at least 4 members (excludes halogenated alkanes) is 1. The number of likely N-dealkylation sites (tertiary alicyclic amines) is 1. The number of piperidine rings is 1. The maximum atomic E-state index is 12.8. The van der Waals surface area contributed by atoms with Gasteiger partial charge in [-0.25, -0.2) is 0 Å². The number of carbonyl (C=O) groups is 1. The summed E-state index contributed by atoms with van der Waals surface area (Å²) in [5.74, 6) is 0.750. The van der Waals surface area contributed by atoms with Crippen LogP contribution in [0.25, 0.3) is 0 Å². The lowest BCUT2D eigenvalue weighted by Gasteiger charge is -2.46. The van der Waals surface area contributed by atoms with Gasteiger partial charge in [0.15, 0.2) is 0 Å². The zero-order chi connectivity index (χ0) is 23.6. The molecule has 0 atom stereocenters. The number of anilines is 1. The molecule has 3 N–H and O–H groups in total. The van der Waals surface area contributed by atoms with Crippen molar-refractivity contribution in [3.8, 4) is 6.07 Å². The lowest BCUT2D eigenvalue weighted by atomic mass is 9.80. The van der Waals surface area contributed by atoms with Crippen LogP contribution in [0.2, 0.25) is 0 Å².